The number of azide groups is 1. The van der Waals surface area contributed by atoms with Gasteiger partial charge in [-0.2, -0.15) is 0 Å². The van der Waals surface area contributed by atoms with Gasteiger partial charge in [0.2, 0.25) is 0 Å². The molecule has 0 spiro atoms. The lowest BCUT2D eigenvalue weighted by molar-refractivity contribution is -0.0222. The standard InChI is InChI=1S/C14H20ClN6O5P/c1-3-4-17-27(24,8-15)25-7-11-10(19-20-16)5-12(26-11)21-6-9(2)13(22)18-14(21)23/h3,6,10-12H,1,4-5,7-8H2,2H3,(H,17,24)(H,18,22,23)/t10-,11+,12+,27?/m0/s1. The lowest BCUT2D eigenvalue weighted by Gasteiger charge is -2.21. The third-order valence-corrected chi connectivity index (χ3v) is 6.43. The monoisotopic (exact) mass is 418 g/mol. The number of H-pyrrole nitrogens is 1. The first-order chi connectivity index (χ1) is 12.8. The van der Waals surface area contributed by atoms with Crippen molar-refractivity contribution in [1.29, 1.82) is 0 Å². The molecule has 2 heterocycles. The number of aromatic nitrogens is 2. The maximum Gasteiger partial charge on any atom is 0.330 e. The molecule has 11 nitrogen and oxygen atoms in total. The van der Waals surface area contributed by atoms with E-state index in [0.29, 0.717) is 5.56 Å². The molecule has 148 valence electrons. The predicted octanol–water partition coefficient (Wildman–Crippen LogP) is 1.99. The molecule has 2 rings (SSSR count). The summed E-state index contributed by atoms with van der Waals surface area (Å²) >= 11 is 5.72. The number of hydrogen-bond acceptors (Lipinski definition) is 6. The van der Waals surface area contributed by atoms with Gasteiger partial charge in [0, 0.05) is 29.6 Å². The van der Waals surface area contributed by atoms with Crippen molar-refractivity contribution in [2.45, 2.75) is 31.7 Å². The minimum atomic E-state index is -3.32. The summed E-state index contributed by atoms with van der Waals surface area (Å²) in [6, 6.07) is -0.651. The van der Waals surface area contributed by atoms with Crippen LogP contribution < -0.4 is 16.3 Å². The van der Waals surface area contributed by atoms with Crippen LogP contribution in [0.1, 0.15) is 18.2 Å². The second-order valence-corrected chi connectivity index (χ2v) is 8.73. The summed E-state index contributed by atoms with van der Waals surface area (Å²) in [6.07, 6.45) is 1.56. The van der Waals surface area contributed by atoms with Crippen LogP contribution in [0.5, 0.6) is 0 Å². The quantitative estimate of drug-likeness (QED) is 0.156. The van der Waals surface area contributed by atoms with Crippen molar-refractivity contribution < 1.29 is 13.8 Å². The molecule has 1 saturated heterocycles. The molecule has 0 saturated carbocycles. The van der Waals surface area contributed by atoms with Gasteiger partial charge in [0.25, 0.3) is 13.1 Å². The third kappa shape index (κ3) is 5.32. The molecule has 1 fully saturated rings. The van der Waals surface area contributed by atoms with E-state index < -0.39 is 37.1 Å². The molecule has 0 aromatic carbocycles. The van der Waals surface area contributed by atoms with Crippen molar-refractivity contribution >= 4 is 19.1 Å². The Hall–Kier alpha value is -1.87. The van der Waals surface area contributed by atoms with Gasteiger partial charge in [-0.15, -0.1) is 18.2 Å². The van der Waals surface area contributed by atoms with Crippen LogP contribution in [0.2, 0.25) is 0 Å². The highest BCUT2D eigenvalue weighted by molar-refractivity contribution is 7.58. The summed E-state index contributed by atoms with van der Waals surface area (Å²) in [6.45, 7) is 5.15. The number of nitrogens with zero attached hydrogens (tertiary/aromatic N) is 4. The molecule has 13 heteroatoms. The number of nitrogens with one attached hydrogen (secondary N) is 2. The van der Waals surface area contributed by atoms with Crippen LogP contribution in [0.15, 0.2) is 33.6 Å². The fourth-order valence-corrected chi connectivity index (χ4v) is 4.04. The Morgan fingerprint density at radius 1 is 1.67 bits per heavy atom. The second kappa shape index (κ2) is 9.36. The first kappa shape index (κ1) is 21.4. The maximum atomic E-state index is 12.5. The van der Waals surface area contributed by atoms with Gasteiger partial charge in [0.1, 0.15) is 11.8 Å². The fourth-order valence-electron chi connectivity index (χ4n) is 2.54. The van der Waals surface area contributed by atoms with Crippen LogP contribution in [-0.4, -0.2) is 40.5 Å². The van der Waals surface area contributed by atoms with Gasteiger partial charge < -0.3 is 9.26 Å². The van der Waals surface area contributed by atoms with Crippen LogP contribution in [0.4, 0.5) is 0 Å². The zero-order chi connectivity index (χ0) is 20.0. The van der Waals surface area contributed by atoms with Crippen molar-refractivity contribution in [2.24, 2.45) is 5.11 Å². The zero-order valence-electron chi connectivity index (χ0n) is 14.6. The minimum Gasteiger partial charge on any atom is -0.352 e. The number of rotatable bonds is 9. The van der Waals surface area contributed by atoms with Crippen molar-refractivity contribution in [2.75, 3.05) is 18.8 Å². The van der Waals surface area contributed by atoms with Crippen LogP contribution in [0.3, 0.4) is 0 Å². The predicted molar refractivity (Wildman–Crippen MR) is 100.0 cm³/mol. The van der Waals surface area contributed by atoms with Gasteiger partial charge >= 0.3 is 5.69 Å². The smallest absolute Gasteiger partial charge is 0.330 e. The Balaban J connectivity index is 2.17. The van der Waals surface area contributed by atoms with Gasteiger partial charge in [-0.3, -0.25) is 18.9 Å². The van der Waals surface area contributed by atoms with Crippen LogP contribution in [0.25, 0.3) is 10.4 Å². The highest BCUT2D eigenvalue weighted by Gasteiger charge is 2.38. The number of hydrogen-bond donors (Lipinski definition) is 2. The van der Waals surface area contributed by atoms with Crippen molar-refractivity contribution in [1.82, 2.24) is 14.6 Å². The van der Waals surface area contributed by atoms with Gasteiger partial charge in [-0.05, 0) is 12.5 Å². The molecule has 0 bridgehead atoms. The summed E-state index contributed by atoms with van der Waals surface area (Å²) in [4.78, 5) is 28.5. The number of aromatic amines is 1. The summed E-state index contributed by atoms with van der Waals surface area (Å²) in [7, 11) is -3.32. The summed E-state index contributed by atoms with van der Waals surface area (Å²) in [5.74, 6) is 0. The first-order valence-corrected chi connectivity index (χ1v) is 10.4. The highest BCUT2D eigenvalue weighted by atomic mass is 35.5. The third-order valence-electron chi connectivity index (χ3n) is 3.94. The van der Waals surface area contributed by atoms with Gasteiger partial charge in [-0.1, -0.05) is 11.2 Å². The second-order valence-electron chi connectivity index (χ2n) is 5.86. The van der Waals surface area contributed by atoms with E-state index in [1.54, 1.807) is 6.92 Å². The number of alkyl halides is 1. The molecule has 4 atom stereocenters. The van der Waals surface area contributed by atoms with E-state index >= 15 is 0 Å². The zero-order valence-corrected chi connectivity index (χ0v) is 16.2. The summed E-state index contributed by atoms with van der Waals surface area (Å²) in [5.41, 5.74) is 7.71. The Bertz CT molecular complexity index is 895. The number of aryl methyl sites for hydroxylation is 1. The number of halogens is 1. The highest BCUT2D eigenvalue weighted by Crippen LogP contribution is 2.44. The molecule has 1 aromatic heterocycles. The largest absolute Gasteiger partial charge is 0.352 e. The van der Waals surface area contributed by atoms with E-state index in [-0.39, 0.29) is 25.2 Å². The fraction of sp³-hybridized carbons (Fsp3) is 0.571. The molecular weight excluding hydrogens is 399 g/mol. The van der Waals surface area contributed by atoms with Gasteiger partial charge in [-0.25, -0.2) is 9.88 Å². The normalized spacial score (nSPS) is 24.1. The van der Waals surface area contributed by atoms with E-state index in [4.69, 9.17) is 26.4 Å². The molecule has 1 unspecified atom stereocenters. The van der Waals surface area contributed by atoms with Crippen LogP contribution in [0, 0.1) is 6.92 Å². The molecule has 27 heavy (non-hydrogen) atoms. The maximum absolute atomic E-state index is 12.5. The molecule has 0 aliphatic carbocycles. The average Bonchev–Trinajstić information content (AvgIpc) is 3.04. The first-order valence-electron chi connectivity index (χ1n) is 8.01. The van der Waals surface area contributed by atoms with E-state index in [2.05, 4.69) is 26.7 Å². The average molecular weight is 419 g/mol. The topological polar surface area (TPSA) is 151 Å². The van der Waals surface area contributed by atoms with E-state index in [9.17, 15) is 14.2 Å². The Kier molecular flexibility index (Phi) is 7.43. The molecule has 2 N–H and O–H groups in total. The van der Waals surface area contributed by atoms with E-state index in [0.717, 1.165) is 0 Å². The van der Waals surface area contributed by atoms with E-state index in [1.807, 2.05) is 0 Å². The Morgan fingerprint density at radius 3 is 3.04 bits per heavy atom. The van der Waals surface area contributed by atoms with Crippen LogP contribution >= 0.6 is 19.1 Å². The number of ether oxygens (including phenoxy) is 1. The summed E-state index contributed by atoms with van der Waals surface area (Å²) in [5, 5.41) is 6.33. The van der Waals surface area contributed by atoms with Gasteiger partial charge in [0.15, 0.2) is 0 Å². The van der Waals surface area contributed by atoms with Crippen LogP contribution in [-0.2, 0) is 13.8 Å². The van der Waals surface area contributed by atoms with Gasteiger partial charge in [0.05, 0.1) is 18.8 Å². The molecule has 1 aliphatic heterocycles. The van der Waals surface area contributed by atoms with E-state index in [1.165, 1.54) is 16.8 Å². The molecular formula is C14H20ClN6O5P. The Morgan fingerprint density at radius 2 is 2.41 bits per heavy atom. The summed E-state index contributed by atoms with van der Waals surface area (Å²) < 4.78 is 24.9. The minimum absolute atomic E-state index is 0.161. The molecule has 1 aromatic rings. The lowest BCUT2D eigenvalue weighted by Crippen LogP contribution is -2.33. The molecule has 1 aliphatic rings. The van der Waals surface area contributed by atoms with Crippen molar-refractivity contribution in [3.8, 4) is 0 Å². The lowest BCUT2D eigenvalue weighted by atomic mass is 10.1. The van der Waals surface area contributed by atoms with Crippen molar-refractivity contribution in [3.63, 3.8) is 0 Å². The SMILES string of the molecule is C=CCNP(=O)(CCl)OC[C@H]1O[C@@H](n2cc(C)c(=O)[nH]c2=O)C[C@@H]1N=[N+]=[N-]. The van der Waals surface area contributed by atoms with Crippen molar-refractivity contribution in [3.05, 3.63) is 55.7 Å². The molecule has 0 radical (unpaired) electrons. The Labute approximate surface area is 159 Å². The molecule has 0 amide bonds.